The number of nitriles is 1. The second-order valence-corrected chi connectivity index (χ2v) is 5.79. The molecule has 0 spiro atoms. The van der Waals surface area contributed by atoms with Crippen molar-refractivity contribution in [2.45, 2.75) is 38.5 Å². The maximum Gasteiger partial charge on any atom is 0.337 e. The van der Waals surface area contributed by atoms with Gasteiger partial charge in [-0.3, -0.25) is 10.3 Å². The van der Waals surface area contributed by atoms with E-state index in [1.165, 1.54) is 7.11 Å². The van der Waals surface area contributed by atoms with Gasteiger partial charge in [-0.15, -0.1) is 0 Å². The van der Waals surface area contributed by atoms with Gasteiger partial charge in [0.25, 0.3) is 0 Å². The van der Waals surface area contributed by atoms with Gasteiger partial charge in [0, 0.05) is 5.56 Å². The van der Waals surface area contributed by atoms with Gasteiger partial charge in [-0.05, 0) is 39.0 Å². The minimum Gasteiger partial charge on any atom is -0.485 e. The largest absolute Gasteiger partial charge is 0.485 e. The van der Waals surface area contributed by atoms with Crippen LogP contribution in [0.2, 0.25) is 0 Å². The highest BCUT2D eigenvalue weighted by Gasteiger charge is 2.43. The number of nitrogens with zero attached hydrogens (tertiary/aromatic N) is 2. The van der Waals surface area contributed by atoms with Crippen LogP contribution in [-0.4, -0.2) is 35.7 Å². The number of rotatable bonds is 2. The molecule has 0 radical (unpaired) electrons. The number of esters is 1. The SMILES string of the molecule is COC(=O)c1ccc2c(c1)C(N=C(C)NC#N)C(O)C(C)(C)O2. The van der Waals surface area contributed by atoms with Crippen molar-refractivity contribution in [1.82, 2.24) is 5.32 Å². The van der Waals surface area contributed by atoms with E-state index >= 15 is 0 Å². The number of benzene rings is 1. The predicted molar refractivity (Wildman–Crippen MR) is 83.1 cm³/mol. The molecule has 1 aliphatic rings. The number of carbonyl (C=O) groups is 1. The number of hydrogen-bond acceptors (Lipinski definition) is 6. The summed E-state index contributed by atoms with van der Waals surface area (Å²) >= 11 is 0. The fourth-order valence-corrected chi connectivity index (χ4v) is 2.47. The first-order valence-corrected chi connectivity index (χ1v) is 7.09. The van der Waals surface area contributed by atoms with E-state index in [0.29, 0.717) is 22.7 Å². The molecule has 1 heterocycles. The number of nitrogens with one attached hydrogen (secondary N) is 1. The van der Waals surface area contributed by atoms with Gasteiger partial charge in [0.05, 0.1) is 12.7 Å². The molecule has 0 aliphatic carbocycles. The molecule has 0 aromatic heterocycles. The maximum atomic E-state index is 11.7. The third-order valence-corrected chi connectivity index (χ3v) is 3.70. The van der Waals surface area contributed by atoms with Crippen LogP contribution in [0.1, 0.15) is 42.7 Å². The number of aliphatic hydroxyl groups excluding tert-OH is 1. The number of aliphatic imine (C=N–C) groups is 1. The van der Waals surface area contributed by atoms with E-state index < -0.39 is 23.7 Å². The Bertz CT molecular complexity index is 691. The third-order valence-electron chi connectivity index (χ3n) is 3.70. The molecule has 122 valence electrons. The quantitative estimate of drug-likeness (QED) is 0.282. The maximum absolute atomic E-state index is 11.7. The molecular weight excluding hydrogens is 298 g/mol. The van der Waals surface area contributed by atoms with E-state index in [4.69, 9.17) is 14.7 Å². The summed E-state index contributed by atoms with van der Waals surface area (Å²) in [5.74, 6) is 0.414. The van der Waals surface area contributed by atoms with Crippen molar-refractivity contribution < 1.29 is 19.4 Å². The van der Waals surface area contributed by atoms with Crippen molar-refractivity contribution in [2.24, 2.45) is 4.99 Å². The lowest BCUT2D eigenvalue weighted by atomic mass is 9.86. The van der Waals surface area contributed by atoms with Crippen molar-refractivity contribution in [3.8, 4) is 11.9 Å². The average molecular weight is 317 g/mol. The van der Waals surface area contributed by atoms with Gasteiger partial charge in [0.2, 0.25) is 0 Å². The zero-order chi connectivity index (χ0) is 17.2. The summed E-state index contributed by atoms with van der Waals surface area (Å²) in [7, 11) is 1.30. The molecule has 23 heavy (non-hydrogen) atoms. The lowest BCUT2D eigenvalue weighted by Crippen LogP contribution is -2.48. The Balaban J connectivity index is 2.55. The van der Waals surface area contributed by atoms with Crippen LogP contribution in [0.15, 0.2) is 23.2 Å². The molecule has 0 fully saturated rings. The van der Waals surface area contributed by atoms with E-state index in [2.05, 4.69) is 10.3 Å². The second kappa shape index (κ2) is 6.26. The Labute approximate surface area is 134 Å². The smallest absolute Gasteiger partial charge is 0.337 e. The Morgan fingerprint density at radius 1 is 1.52 bits per heavy atom. The topological polar surface area (TPSA) is 104 Å². The van der Waals surface area contributed by atoms with E-state index in [1.807, 2.05) is 0 Å². The van der Waals surface area contributed by atoms with Gasteiger partial charge in [-0.25, -0.2) is 4.79 Å². The summed E-state index contributed by atoms with van der Waals surface area (Å²) < 4.78 is 10.5. The first-order chi connectivity index (χ1) is 10.8. The first-order valence-electron chi connectivity index (χ1n) is 7.09. The summed E-state index contributed by atoms with van der Waals surface area (Å²) in [6, 6.07) is 4.18. The first kappa shape index (κ1) is 16.8. The van der Waals surface area contributed by atoms with Crippen LogP contribution in [0.5, 0.6) is 5.75 Å². The number of carbonyl (C=O) groups excluding carboxylic acids is 1. The molecule has 7 nitrogen and oxygen atoms in total. The summed E-state index contributed by atoms with van der Waals surface area (Å²) in [5.41, 5.74) is 0.0487. The van der Waals surface area contributed by atoms with E-state index in [-0.39, 0.29) is 0 Å². The number of hydrogen-bond donors (Lipinski definition) is 2. The van der Waals surface area contributed by atoms with Crippen LogP contribution in [0.25, 0.3) is 0 Å². The molecule has 7 heteroatoms. The van der Waals surface area contributed by atoms with Crippen LogP contribution in [-0.2, 0) is 4.74 Å². The molecular formula is C16H19N3O4. The van der Waals surface area contributed by atoms with Gasteiger partial charge < -0.3 is 14.6 Å². The fraction of sp³-hybridized carbons (Fsp3) is 0.438. The monoisotopic (exact) mass is 317 g/mol. The molecule has 2 atom stereocenters. The van der Waals surface area contributed by atoms with Crippen LogP contribution in [0.3, 0.4) is 0 Å². The average Bonchev–Trinajstić information content (AvgIpc) is 2.50. The highest BCUT2D eigenvalue weighted by molar-refractivity contribution is 5.90. The van der Waals surface area contributed by atoms with Gasteiger partial charge >= 0.3 is 5.97 Å². The molecule has 0 amide bonds. The van der Waals surface area contributed by atoms with Crippen molar-refractivity contribution in [1.29, 1.82) is 5.26 Å². The summed E-state index contributed by atoms with van der Waals surface area (Å²) in [6.45, 7) is 5.14. The zero-order valence-electron chi connectivity index (χ0n) is 13.5. The van der Waals surface area contributed by atoms with Crippen molar-refractivity contribution in [2.75, 3.05) is 7.11 Å². The lowest BCUT2D eigenvalue weighted by molar-refractivity contribution is -0.0567. The summed E-state index contributed by atoms with van der Waals surface area (Å²) in [6.07, 6.45) is 0.842. The highest BCUT2D eigenvalue weighted by Crippen LogP contribution is 2.42. The minimum absolute atomic E-state index is 0.341. The normalized spacial score (nSPS) is 22.3. The standard InChI is InChI=1S/C16H19N3O4/c1-9(18-8-17)19-13-11-7-10(15(21)22-4)5-6-12(11)23-16(2,3)14(13)20/h5-7,13-14,20H,1-4H3,(H,18,19). The molecule has 2 unspecified atom stereocenters. The molecule has 1 aromatic rings. The number of aliphatic hydroxyl groups is 1. The molecule has 1 aliphatic heterocycles. The van der Waals surface area contributed by atoms with Gasteiger partial charge in [0.1, 0.15) is 29.3 Å². The van der Waals surface area contributed by atoms with Crippen molar-refractivity contribution >= 4 is 11.8 Å². The molecule has 0 bridgehead atoms. The van der Waals surface area contributed by atoms with E-state index in [1.54, 1.807) is 45.2 Å². The van der Waals surface area contributed by atoms with Crippen LogP contribution < -0.4 is 10.1 Å². The van der Waals surface area contributed by atoms with Crippen molar-refractivity contribution in [3.63, 3.8) is 0 Å². The molecule has 0 saturated carbocycles. The van der Waals surface area contributed by atoms with Crippen LogP contribution >= 0.6 is 0 Å². The predicted octanol–water partition coefficient (Wildman–Crippen LogP) is 1.54. The Hall–Kier alpha value is -2.59. The summed E-state index contributed by atoms with van der Waals surface area (Å²) in [4.78, 5) is 16.1. The molecule has 1 aromatic carbocycles. The second-order valence-electron chi connectivity index (χ2n) is 5.79. The Morgan fingerprint density at radius 3 is 2.83 bits per heavy atom. The van der Waals surface area contributed by atoms with Gasteiger partial charge in [-0.1, -0.05) is 0 Å². The van der Waals surface area contributed by atoms with Crippen LogP contribution in [0.4, 0.5) is 0 Å². The summed E-state index contributed by atoms with van der Waals surface area (Å²) in [5, 5.41) is 21.7. The molecule has 2 N–H and O–H groups in total. The Kier molecular flexibility index (Phi) is 4.57. The minimum atomic E-state index is -0.946. The van der Waals surface area contributed by atoms with E-state index in [0.717, 1.165) is 0 Å². The molecule has 0 saturated heterocycles. The number of ether oxygens (including phenoxy) is 2. The van der Waals surface area contributed by atoms with Gasteiger partial charge in [-0.2, -0.15) is 5.26 Å². The third kappa shape index (κ3) is 3.27. The number of fused-ring (bicyclic) bond motifs is 1. The van der Waals surface area contributed by atoms with Gasteiger partial charge in [0.15, 0.2) is 6.19 Å². The zero-order valence-corrected chi connectivity index (χ0v) is 13.5. The lowest BCUT2D eigenvalue weighted by Gasteiger charge is -2.40. The number of methoxy groups -OCH3 is 1. The Morgan fingerprint density at radius 2 is 2.22 bits per heavy atom. The van der Waals surface area contributed by atoms with Crippen LogP contribution in [0, 0.1) is 11.5 Å². The highest BCUT2D eigenvalue weighted by atomic mass is 16.5. The fourth-order valence-electron chi connectivity index (χ4n) is 2.47. The van der Waals surface area contributed by atoms with E-state index in [9.17, 15) is 9.90 Å². The molecule has 2 rings (SSSR count). The number of amidine groups is 1. The van der Waals surface area contributed by atoms with Crippen molar-refractivity contribution in [3.05, 3.63) is 29.3 Å².